The molecule has 0 bridgehead atoms. The topological polar surface area (TPSA) is 49.4 Å². The summed E-state index contributed by atoms with van der Waals surface area (Å²) in [6.45, 7) is 0.715. The quantitative estimate of drug-likeness (QED) is 0.765. The smallest absolute Gasteiger partial charge is 0.321 e. The number of fused-ring (bicyclic) bond motifs is 1. The number of allylic oxidation sites excluding steroid dienone is 2. The number of benzene rings is 1. The van der Waals surface area contributed by atoms with Gasteiger partial charge in [0.2, 0.25) is 0 Å². The van der Waals surface area contributed by atoms with Crippen LogP contribution in [0, 0.1) is 5.92 Å². The Morgan fingerprint density at radius 1 is 1.42 bits per heavy atom. The van der Waals surface area contributed by atoms with Crippen molar-refractivity contribution >= 4 is 11.8 Å². The van der Waals surface area contributed by atoms with Gasteiger partial charge in [-0.05, 0) is 17.9 Å². The molecule has 4 nitrogen and oxygen atoms in total. The van der Waals surface area contributed by atoms with E-state index >= 15 is 0 Å². The van der Waals surface area contributed by atoms with E-state index in [2.05, 4.69) is 5.32 Å². The summed E-state index contributed by atoms with van der Waals surface area (Å²) in [5.74, 6) is 0.475. The lowest BCUT2D eigenvalue weighted by atomic mass is 9.81. The zero-order chi connectivity index (χ0) is 13.2. The van der Waals surface area contributed by atoms with Crippen molar-refractivity contribution in [3.8, 4) is 0 Å². The predicted molar refractivity (Wildman–Crippen MR) is 69.8 cm³/mol. The number of likely N-dealkylation sites (tertiary alicyclic amines) is 1. The molecule has 1 saturated heterocycles. The summed E-state index contributed by atoms with van der Waals surface area (Å²) in [5.41, 5.74) is 2.72. The Balaban J connectivity index is 1.89. The SMILES string of the molecule is CNC(=O)N1C[C@H]2C[C@@]23C1=CC(=O)c1ccccc13. The third kappa shape index (κ3) is 1.14. The van der Waals surface area contributed by atoms with Crippen LogP contribution in [0.4, 0.5) is 4.79 Å². The zero-order valence-corrected chi connectivity index (χ0v) is 10.6. The number of nitrogens with zero attached hydrogens (tertiary/aromatic N) is 1. The molecule has 2 amide bonds. The van der Waals surface area contributed by atoms with Gasteiger partial charge in [-0.2, -0.15) is 0 Å². The van der Waals surface area contributed by atoms with Crippen LogP contribution in [0.3, 0.4) is 0 Å². The minimum absolute atomic E-state index is 0.0117. The van der Waals surface area contributed by atoms with Gasteiger partial charge >= 0.3 is 6.03 Å². The molecule has 2 fully saturated rings. The number of carbonyl (C=O) groups is 2. The molecular formula is C15H14N2O2. The molecule has 4 heteroatoms. The number of ketones is 1. The van der Waals surface area contributed by atoms with Crippen molar-refractivity contribution in [1.29, 1.82) is 0 Å². The molecule has 1 aliphatic heterocycles. The molecule has 0 radical (unpaired) electrons. The molecule has 19 heavy (non-hydrogen) atoms. The second kappa shape index (κ2) is 3.26. The summed E-state index contributed by atoms with van der Waals surface area (Å²) in [5, 5.41) is 2.65. The number of hydrogen-bond acceptors (Lipinski definition) is 2. The van der Waals surface area contributed by atoms with Crippen molar-refractivity contribution in [2.45, 2.75) is 11.8 Å². The first-order chi connectivity index (χ1) is 9.18. The van der Waals surface area contributed by atoms with E-state index in [0.717, 1.165) is 23.2 Å². The molecule has 1 aromatic rings. The third-order valence-electron chi connectivity index (χ3n) is 4.66. The molecule has 4 rings (SSSR count). The molecule has 96 valence electrons. The predicted octanol–water partition coefficient (Wildman–Crippen LogP) is 1.68. The highest BCUT2D eigenvalue weighted by atomic mass is 16.2. The maximum Gasteiger partial charge on any atom is 0.321 e. The fraction of sp³-hybridized carbons (Fsp3) is 0.333. The van der Waals surface area contributed by atoms with Crippen LogP contribution >= 0.6 is 0 Å². The van der Waals surface area contributed by atoms with Gasteiger partial charge in [0.15, 0.2) is 5.78 Å². The summed E-state index contributed by atoms with van der Waals surface area (Å²) in [6.07, 6.45) is 2.71. The van der Waals surface area contributed by atoms with Crippen LogP contribution in [0.25, 0.3) is 0 Å². The highest BCUT2D eigenvalue weighted by Crippen LogP contribution is 2.66. The van der Waals surface area contributed by atoms with E-state index in [1.807, 2.05) is 24.3 Å². The van der Waals surface area contributed by atoms with E-state index in [1.165, 1.54) is 0 Å². The van der Waals surface area contributed by atoms with E-state index in [9.17, 15) is 9.59 Å². The van der Waals surface area contributed by atoms with E-state index in [0.29, 0.717) is 12.5 Å². The lowest BCUT2D eigenvalue weighted by Gasteiger charge is -2.28. The van der Waals surface area contributed by atoms with Gasteiger partial charge in [0.1, 0.15) is 0 Å². The number of urea groups is 1. The normalized spacial score (nSPS) is 30.2. The second-order valence-corrected chi connectivity index (χ2v) is 5.48. The molecule has 1 saturated carbocycles. The molecule has 1 N–H and O–H groups in total. The first-order valence-corrected chi connectivity index (χ1v) is 6.54. The zero-order valence-electron chi connectivity index (χ0n) is 10.6. The van der Waals surface area contributed by atoms with E-state index in [1.54, 1.807) is 18.0 Å². The molecule has 2 atom stereocenters. The fourth-order valence-corrected chi connectivity index (χ4v) is 3.71. The van der Waals surface area contributed by atoms with Crippen LogP contribution in [0.1, 0.15) is 22.3 Å². The Hall–Kier alpha value is -2.10. The first-order valence-electron chi connectivity index (χ1n) is 6.54. The van der Waals surface area contributed by atoms with Crippen LogP contribution in [0.2, 0.25) is 0 Å². The Morgan fingerprint density at radius 2 is 2.21 bits per heavy atom. The molecule has 2 aliphatic carbocycles. The fourth-order valence-electron chi connectivity index (χ4n) is 3.71. The van der Waals surface area contributed by atoms with Crippen molar-refractivity contribution in [3.63, 3.8) is 0 Å². The van der Waals surface area contributed by atoms with Crippen molar-refractivity contribution in [1.82, 2.24) is 10.2 Å². The second-order valence-electron chi connectivity index (χ2n) is 5.48. The minimum Gasteiger partial charge on any atom is -0.341 e. The monoisotopic (exact) mass is 254 g/mol. The van der Waals surface area contributed by atoms with Crippen LogP contribution < -0.4 is 5.32 Å². The average Bonchev–Trinajstić information content (AvgIpc) is 3.07. The van der Waals surface area contributed by atoms with E-state index in [4.69, 9.17) is 0 Å². The number of carbonyl (C=O) groups excluding carboxylic acids is 2. The van der Waals surface area contributed by atoms with Gasteiger partial charge < -0.3 is 5.32 Å². The number of hydrogen-bond donors (Lipinski definition) is 1. The number of piperidine rings is 1. The number of nitrogens with one attached hydrogen (secondary N) is 1. The standard InChI is InChI=1S/C15H14N2O2/c1-16-14(19)17-8-9-7-15(9)11-5-3-2-4-10(11)12(18)6-13(15)17/h2-6,9H,7-8H2,1H3,(H,16,19)/t9-,15-/m1/s1. The largest absolute Gasteiger partial charge is 0.341 e. The van der Waals surface area contributed by atoms with Crippen LogP contribution in [0.5, 0.6) is 0 Å². The lowest BCUT2D eigenvalue weighted by Crippen LogP contribution is -2.39. The molecule has 0 aromatic heterocycles. The summed E-state index contributed by atoms with van der Waals surface area (Å²) in [6, 6.07) is 7.67. The molecular weight excluding hydrogens is 240 g/mol. The summed E-state index contributed by atoms with van der Waals surface area (Å²) >= 11 is 0. The Labute approximate surface area is 111 Å². The van der Waals surface area contributed by atoms with Crippen molar-refractivity contribution in [2.75, 3.05) is 13.6 Å². The third-order valence-corrected chi connectivity index (χ3v) is 4.66. The summed E-state index contributed by atoms with van der Waals surface area (Å²) in [4.78, 5) is 25.8. The van der Waals surface area contributed by atoms with Gasteiger partial charge in [0, 0.05) is 36.3 Å². The maximum absolute atomic E-state index is 12.2. The minimum atomic E-state index is -0.120. The average molecular weight is 254 g/mol. The first kappa shape index (κ1) is 10.8. The van der Waals surface area contributed by atoms with E-state index < -0.39 is 0 Å². The van der Waals surface area contributed by atoms with Crippen LogP contribution in [-0.2, 0) is 5.41 Å². The van der Waals surface area contributed by atoms with Gasteiger partial charge in [-0.1, -0.05) is 24.3 Å². The summed E-state index contributed by atoms with van der Waals surface area (Å²) < 4.78 is 0. The highest BCUT2D eigenvalue weighted by molar-refractivity contribution is 6.09. The molecule has 1 aromatic carbocycles. The Bertz CT molecular complexity index is 649. The summed E-state index contributed by atoms with van der Waals surface area (Å²) in [7, 11) is 1.62. The van der Waals surface area contributed by atoms with E-state index in [-0.39, 0.29) is 17.2 Å². The molecule has 1 heterocycles. The number of rotatable bonds is 0. The highest BCUT2D eigenvalue weighted by Gasteiger charge is 2.67. The van der Waals surface area contributed by atoms with Gasteiger partial charge in [0.05, 0.1) is 0 Å². The van der Waals surface area contributed by atoms with Crippen LogP contribution in [0.15, 0.2) is 36.0 Å². The van der Waals surface area contributed by atoms with Gasteiger partial charge in [-0.25, -0.2) is 4.79 Å². The molecule has 1 spiro atoms. The molecule has 0 unspecified atom stereocenters. The molecule has 3 aliphatic rings. The Morgan fingerprint density at radius 3 is 3.00 bits per heavy atom. The van der Waals surface area contributed by atoms with Gasteiger partial charge in [-0.3, -0.25) is 9.69 Å². The van der Waals surface area contributed by atoms with Gasteiger partial charge in [0.25, 0.3) is 0 Å². The van der Waals surface area contributed by atoms with Gasteiger partial charge in [-0.15, -0.1) is 0 Å². The maximum atomic E-state index is 12.2. The Kier molecular flexibility index (Phi) is 1.85. The van der Waals surface area contributed by atoms with Crippen molar-refractivity contribution < 1.29 is 9.59 Å². The van der Waals surface area contributed by atoms with Crippen LogP contribution in [-0.4, -0.2) is 30.3 Å². The van der Waals surface area contributed by atoms with Crippen molar-refractivity contribution in [2.24, 2.45) is 5.92 Å². The van der Waals surface area contributed by atoms with Crippen molar-refractivity contribution in [3.05, 3.63) is 47.2 Å². The number of amides is 2. The lowest BCUT2D eigenvalue weighted by molar-refractivity contribution is 0.103.